The topological polar surface area (TPSA) is 117 Å². The molecule has 0 aliphatic heterocycles. The summed E-state index contributed by atoms with van der Waals surface area (Å²) < 4.78 is 31.2. The van der Waals surface area contributed by atoms with Gasteiger partial charge in [0.25, 0.3) is 0 Å². The van der Waals surface area contributed by atoms with Crippen LogP contribution >= 0.6 is 11.8 Å². The third-order valence-electron chi connectivity index (χ3n) is 2.36. The molecule has 0 saturated heterocycles. The summed E-state index contributed by atoms with van der Waals surface area (Å²) in [7, 11) is -3.77. The molecule has 0 saturated carbocycles. The Balaban J connectivity index is 2.58. The highest BCUT2D eigenvalue weighted by atomic mass is 32.2. The fraction of sp³-hybridized carbons (Fsp3) is 0.545. The number of hydrogen-bond acceptors (Lipinski definition) is 6. The lowest BCUT2D eigenvalue weighted by atomic mass is 10.4. The lowest BCUT2D eigenvalue weighted by Gasteiger charge is -2.05. The standard InChI is InChI=1S/C11H17NO6S2/c1-8-10(7-9(18-8)11(14)15)20(16,17)12-3-6-19-5-2-4-13/h7,12-13H,2-6H2,1H3,(H,14,15). The molecule has 0 atom stereocenters. The van der Waals surface area contributed by atoms with Crippen molar-refractivity contribution in [3.05, 3.63) is 17.6 Å². The molecule has 0 bridgehead atoms. The lowest BCUT2D eigenvalue weighted by molar-refractivity contribution is 0.0661. The van der Waals surface area contributed by atoms with Crippen molar-refractivity contribution < 1.29 is 27.8 Å². The maximum absolute atomic E-state index is 12.0. The van der Waals surface area contributed by atoms with E-state index < -0.39 is 21.8 Å². The minimum atomic E-state index is -3.77. The molecule has 0 aliphatic carbocycles. The van der Waals surface area contributed by atoms with Crippen LogP contribution in [-0.4, -0.2) is 49.3 Å². The molecule has 0 unspecified atom stereocenters. The summed E-state index contributed by atoms with van der Waals surface area (Å²) >= 11 is 1.52. The minimum absolute atomic E-state index is 0.0443. The van der Waals surface area contributed by atoms with Crippen molar-refractivity contribution in [1.82, 2.24) is 4.72 Å². The van der Waals surface area contributed by atoms with Gasteiger partial charge in [0, 0.05) is 25.0 Å². The molecule has 0 amide bonds. The van der Waals surface area contributed by atoms with Gasteiger partial charge in [0.05, 0.1) is 0 Å². The van der Waals surface area contributed by atoms with Gasteiger partial charge < -0.3 is 14.6 Å². The fourth-order valence-corrected chi connectivity index (χ4v) is 3.55. The number of aryl methyl sites for hydroxylation is 1. The summed E-state index contributed by atoms with van der Waals surface area (Å²) in [5.41, 5.74) is 0. The molecule has 1 aromatic rings. The van der Waals surface area contributed by atoms with Crippen molar-refractivity contribution >= 4 is 27.8 Å². The molecule has 0 fully saturated rings. The number of hydrogen-bond donors (Lipinski definition) is 3. The van der Waals surface area contributed by atoms with Gasteiger partial charge in [-0.15, -0.1) is 0 Å². The SMILES string of the molecule is Cc1oc(C(=O)O)cc1S(=O)(=O)NCCSCCCO. The molecule has 114 valence electrons. The third kappa shape index (κ3) is 4.82. The van der Waals surface area contributed by atoms with Crippen LogP contribution in [0.5, 0.6) is 0 Å². The molecule has 7 nitrogen and oxygen atoms in total. The number of nitrogens with one attached hydrogen (secondary N) is 1. The Morgan fingerprint density at radius 2 is 2.15 bits per heavy atom. The summed E-state index contributed by atoms with van der Waals surface area (Å²) in [6, 6.07) is 0.999. The second-order valence-corrected chi connectivity index (χ2v) is 6.88. The van der Waals surface area contributed by atoms with E-state index in [2.05, 4.69) is 4.72 Å². The van der Waals surface area contributed by atoms with Crippen molar-refractivity contribution in [3.8, 4) is 0 Å². The fourth-order valence-electron chi connectivity index (χ4n) is 1.43. The third-order valence-corrected chi connectivity index (χ3v) is 5.00. The van der Waals surface area contributed by atoms with E-state index in [-0.39, 0.29) is 23.8 Å². The van der Waals surface area contributed by atoms with E-state index in [9.17, 15) is 13.2 Å². The molecule has 1 heterocycles. The summed E-state index contributed by atoms with van der Waals surface area (Å²) in [6.45, 7) is 1.74. The Bertz CT molecular complexity index is 551. The molecule has 0 radical (unpaired) electrons. The van der Waals surface area contributed by atoms with Crippen molar-refractivity contribution in [2.24, 2.45) is 0 Å². The molecule has 1 aromatic heterocycles. The van der Waals surface area contributed by atoms with Crippen molar-refractivity contribution in [3.63, 3.8) is 0 Å². The smallest absolute Gasteiger partial charge is 0.371 e. The highest BCUT2D eigenvalue weighted by Crippen LogP contribution is 2.19. The molecule has 0 aromatic carbocycles. The van der Waals surface area contributed by atoms with E-state index in [1.54, 1.807) is 0 Å². The van der Waals surface area contributed by atoms with Gasteiger partial charge in [-0.2, -0.15) is 11.8 Å². The number of thioether (sulfide) groups is 1. The van der Waals surface area contributed by atoms with Gasteiger partial charge >= 0.3 is 5.97 Å². The van der Waals surface area contributed by atoms with Crippen LogP contribution < -0.4 is 4.72 Å². The van der Waals surface area contributed by atoms with Gasteiger partial charge in [-0.1, -0.05) is 0 Å². The van der Waals surface area contributed by atoms with E-state index in [1.807, 2.05) is 0 Å². The van der Waals surface area contributed by atoms with Crippen LogP contribution in [0.4, 0.5) is 0 Å². The summed E-state index contributed by atoms with van der Waals surface area (Å²) in [5.74, 6) is -0.342. The zero-order valence-corrected chi connectivity index (χ0v) is 12.6. The summed E-state index contributed by atoms with van der Waals surface area (Å²) in [5, 5.41) is 17.3. The van der Waals surface area contributed by atoms with E-state index in [0.717, 1.165) is 11.8 Å². The Morgan fingerprint density at radius 1 is 1.45 bits per heavy atom. The number of rotatable bonds is 9. The van der Waals surface area contributed by atoms with Gasteiger partial charge in [0.1, 0.15) is 10.7 Å². The van der Waals surface area contributed by atoms with Crippen molar-refractivity contribution in [2.75, 3.05) is 24.7 Å². The van der Waals surface area contributed by atoms with Crippen LogP contribution in [0.2, 0.25) is 0 Å². The molecule has 9 heteroatoms. The number of carboxylic acids is 1. The van der Waals surface area contributed by atoms with Crippen LogP contribution in [0, 0.1) is 6.92 Å². The maximum Gasteiger partial charge on any atom is 0.371 e. The Kier molecular flexibility index (Phi) is 6.53. The Hall–Kier alpha value is -1.03. The first kappa shape index (κ1) is 17.0. The number of sulfonamides is 1. The number of aromatic carboxylic acids is 1. The van der Waals surface area contributed by atoms with Crippen LogP contribution in [0.15, 0.2) is 15.4 Å². The zero-order valence-electron chi connectivity index (χ0n) is 11.0. The van der Waals surface area contributed by atoms with Gasteiger partial charge in [-0.05, 0) is 19.1 Å². The predicted molar refractivity (Wildman–Crippen MR) is 74.6 cm³/mol. The number of furan rings is 1. The van der Waals surface area contributed by atoms with Crippen LogP contribution in [0.3, 0.4) is 0 Å². The first-order valence-corrected chi connectivity index (χ1v) is 8.54. The second kappa shape index (κ2) is 7.67. The average Bonchev–Trinajstić information content (AvgIpc) is 2.77. The Labute approximate surface area is 121 Å². The van der Waals surface area contributed by atoms with Gasteiger partial charge in [0.2, 0.25) is 15.8 Å². The molecule has 20 heavy (non-hydrogen) atoms. The quantitative estimate of drug-likeness (QED) is 0.572. The number of aliphatic hydroxyl groups excluding tert-OH is 1. The molecule has 3 N–H and O–H groups in total. The first-order chi connectivity index (χ1) is 9.38. The predicted octanol–water partition coefficient (Wildman–Crippen LogP) is 0.680. The zero-order chi connectivity index (χ0) is 15.2. The number of carbonyl (C=O) groups is 1. The van der Waals surface area contributed by atoms with E-state index in [1.165, 1.54) is 18.7 Å². The van der Waals surface area contributed by atoms with Gasteiger partial charge in [0.15, 0.2) is 0 Å². The monoisotopic (exact) mass is 323 g/mol. The second-order valence-electron chi connectivity index (χ2n) is 3.92. The molecule has 0 aliphatic rings. The highest BCUT2D eigenvalue weighted by molar-refractivity contribution is 7.99. The number of aliphatic hydroxyl groups is 1. The van der Waals surface area contributed by atoms with Crippen molar-refractivity contribution in [2.45, 2.75) is 18.2 Å². The van der Waals surface area contributed by atoms with Crippen LogP contribution in [-0.2, 0) is 10.0 Å². The number of carboxylic acid groups (broad SMARTS) is 1. The largest absolute Gasteiger partial charge is 0.475 e. The van der Waals surface area contributed by atoms with Gasteiger partial charge in [-0.3, -0.25) is 0 Å². The van der Waals surface area contributed by atoms with E-state index in [0.29, 0.717) is 12.2 Å². The lowest BCUT2D eigenvalue weighted by Crippen LogP contribution is -2.26. The van der Waals surface area contributed by atoms with Crippen LogP contribution in [0.25, 0.3) is 0 Å². The molecular formula is C11H17NO6S2. The maximum atomic E-state index is 12.0. The minimum Gasteiger partial charge on any atom is -0.475 e. The molecular weight excluding hydrogens is 306 g/mol. The van der Waals surface area contributed by atoms with Gasteiger partial charge in [-0.25, -0.2) is 17.9 Å². The summed E-state index contributed by atoms with van der Waals surface area (Å²) in [6.07, 6.45) is 0.667. The van der Waals surface area contributed by atoms with Crippen molar-refractivity contribution in [1.29, 1.82) is 0 Å². The Morgan fingerprint density at radius 3 is 2.70 bits per heavy atom. The summed E-state index contributed by atoms with van der Waals surface area (Å²) in [4.78, 5) is 10.6. The highest BCUT2D eigenvalue weighted by Gasteiger charge is 2.23. The first-order valence-electron chi connectivity index (χ1n) is 5.90. The van der Waals surface area contributed by atoms with E-state index in [4.69, 9.17) is 14.6 Å². The average molecular weight is 323 g/mol. The van der Waals surface area contributed by atoms with Crippen LogP contribution in [0.1, 0.15) is 22.7 Å². The molecule has 1 rings (SSSR count). The van der Waals surface area contributed by atoms with E-state index >= 15 is 0 Å². The molecule has 0 spiro atoms. The normalized spacial score (nSPS) is 11.7.